The fourth-order valence-electron chi connectivity index (χ4n) is 1.20. The molecule has 16 heavy (non-hydrogen) atoms. The number of pyridine rings is 1. The summed E-state index contributed by atoms with van der Waals surface area (Å²) < 4.78 is 0. The predicted octanol–water partition coefficient (Wildman–Crippen LogP) is 1.21. The monoisotopic (exact) mass is 219 g/mol. The van der Waals surface area contributed by atoms with Crippen LogP contribution in [-0.2, 0) is 0 Å². The van der Waals surface area contributed by atoms with Crippen LogP contribution in [0.25, 0.3) is 0 Å². The molecule has 0 aliphatic rings. The van der Waals surface area contributed by atoms with E-state index in [0.29, 0.717) is 13.0 Å². The Kier molecular flexibility index (Phi) is 4.80. The van der Waals surface area contributed by atoms with Gasteiger partial charge in [-0.3, -0.25) is 9.78 Å². The number of aromatic nitrogens is 1. The molecule has 0 saturated heterocycles. The molecular weight excluding hydrogens is 206 g/mol. The number of hydrogen-bond acceptors (Lipinski definition) is 4. The second-order valence-electron chi connectivity index (χ2n) is 3.26. The van der Waals surface area contributed by atoms with Crippen molar-refractivity contribution in [3.8, 4) is 11.8 Å². The molecule has 1 amide bonds. The van der Waals surface area contributed by atoms with Gasteiger partial charge in [0.05, 0.1) is 17.8 Å². The number of amides is 1. The van der Waals surface area contributed by atoms with Gasteiger partial charge >= 0.3 is 0 Å². The van der Waals surface area contributed by atoms with E-state index in [9.17, 15) is 9.90 Å². The second-order valence-corrected chi connectivity index (χ2v) is 3.26. The number of aromatic hydroxyl groups is 1. The van der Waals surface area contributed by atoms with Gasteiger partial charge in [0.1, 0.15) is 5.75 Å². The standard InChI is InChI=1S/C11H13N3O2/c12-5-2-1-3-6-14-11(16)9-4-7-13-8-10(9)15/h4,7-8,15H,1-3,6H2,(H,14,16). The Morgan fingerprint density at radius 1 is 1.56 bits per heavy atom. The molecule has 0 aliphatic heterocycles. The fraction of sp³-hybridized carbons (Fsp3) is 0.364. The Labute approximate surface area is 93.7 Å². The molecular formula is C11H13N3O2. The summed E-state index contributed by atoms with van der Waals surface area (Å²) in [6.07, 6.45) is 4.69. The number of nitrogens with one attached hydrogen (secondary N) is 1. The predicted molar refractivity (Wildman–Crippen MR) is 57.7 cm³/mol. The number of unbranched alkanes of at least 4 members (excludes halogenated alkanes) is 2. The van der Waals surface area contributed by atoms with Crippen LogP contribution in [0.2, 0.25) is 0 Å². The quantitative estimate of drug-likeness (QED) is 0.729. The highest BCUT2D eigenvalue weighted by molar-refractivity contribution is 5.96. The fourth-order valence-corrected chi connectivity index (χ4v) is 1.20. The zero-order valence-corrected chi connectivity index (χ0v) is 8.81. The molecule has 0 bridgehead atoms. The average molecular weight is 219 g/mol. The van der Waals surface area contributed by atoms with Crippen LogP contribution < -0.4 is 5.32 Å². The molecule has 0 radical (unpaired) electrons. The molecule has 2 N–H and O–H groups in total. The van der Waals surface area contributed by atoms with Crippen molar-refractivity contribution >= 4 is 5.91 Å². The lowest BCUT2D eigenvalue weighted by molar-refractivity contribution is 0.0950. The summed E-state index contributed by atoms with van der Waals surface area (Å²) >= 11 is 0. The Bertz CT molecular complexity index is 398. The van der Waals surface area contributed by atoms with E-state index in [1.165, 1.54) is 18.5 Å². The van der Waals surface area contributed by atoms with Crippen LogP contribution in [0.4, 0.5) is 0 Å². The zero-order valence-electron chi connectivity index (χ0n) is 8.81. The third kappa shape index (κ3) is 3.58. The van der Waals surface area contributed by atoms with Crippen LogP contribution in [0, 0.1) is 11.3 Å². The van der Waals surface area contributed by atoms with Gasteiger partial charge in [0, 0.05) is 19.2 Å². The van der Waals surface area contributed by atoms with E-state index in [4.69, 9.17) is 5.26 Å². The van der Waals surface area contributed by atoms with E-state index in [1.807, 2.05) is 6.07 Å². The third-order valence-corrected chi connectivity index (χ3v) is 2.05. The van der Waals surface area contributed by atoms with E-state index in [1.54, 1.807) is 0 Å². The van der Waals surface area contributed by atoms with Crippen LogP contribution in [0.3, 0.4) is 0 Å². The van der Waals surface area contributed by atoms with Crippen LogP contribution in [0.1, 0.15) is 29.6 Å². The number of hydrogen-bond donors (Lipinski definition) is 2. The van der Waals surface area contributed by atoms with Gasteiger partial charge in [0.25, 0.3) is 5.91 Å². The van der Waals surface area contributed by atoms with Crippen LogP contribution in [-0.4, -0.2) is 22.5 Å². The number of carbonyl (C=O) groups is 1. The Balaban J connectivity index is 2.36. The molecule has 1 aromatic heterocycles. The highest BCUT2D eigenvalue weighted by Crippen LogP contribution is 2.13. The molecule has 1 heterocycles. The molecule has 0 fully saturated rings. The van der Waals surface area contributed by atoms with Crippen molar-refractivity contribution in [2.75, 3.05) is 6.54 Å². The van der Waals surface area contributed by atoms with Crippen molar-refractivity contribution < 1.29 is 9.90 Å². The first-order valence-electron chi connectivity index (χ1n) is 5.04. The maximum atomic E-state index is 11.5. The van der Waals surface area contributed by atoms with Crippen molar-refractivity contribution in [3.63, 3.8) is 0 Å². The number of carbonyl (C=O) groups excluding carboxylic acids is 1. The molecule has 0 saturated carbocycles. The maximum absolute atomic E-state index is 11.5. The Hall–Kier alpha value is -2.09. The summed E-state index contributed by atoms with van der Waals surface area (Å²) in [5, 5.41) is 20.3. The van der Waals surface area contributed by atoms with Crippen molar-refractivity contribution in [1.82, 2.24) is 10.3 Å². The molecule has 0 aliphatic carbocycles. The summed E-state index contributed by atoms with van der Waals surface area (Å²) in [6, 6.07) is 3.49. The molecule has 5 nitrogen and oxygen atoms in total. The minimum atomic E-state index is -0.322. The zero-order chi connectivity index (χ0) is 11.8. The van der Waals surface area contributed by atoms with E-state index < -0.39 is 0 Å². The molecule has 0 atom stereocenters. The normalized spacial score (nSPS) is 9.44. The van der Waals surface area contributed by atoms with Crippen LogP contribution in [0.15, 0.2) is 18.5 Å². The van der Waals surface area contributed by atoms with Crippen LogP contribution in [0.5, 0.6) is 5.75 Å². The van der Waals surface area contributed by atoms with Gasteiger partial charge in [-0.15, -0.1) is 0 Å². The topological polar surface area (TPSA) is 86.0 Å². The van der Waals surface area contributed by atoms with E-state index in [-0.39, 0.29) is 17.2 Å². The molecule has 0 aromatic carbocycles. The minimum Gasteiger partial charge on any atom is -0.505 e. The van der Waals surface area contributed by atoms with Gasteiger partial charge < -0.3 is 10.4 Å². The first kappa shape index (κ1) is 12.0. The largest absolute Gasteiger partial charge is 0.505 e. The summed E-state index contributed by atoms with van der Waals surface area (Å²) in [5.74, 6) is -0.450. The van der Waals surface area contributed by atoms with Gasteiger partial charge in [0.2, 0.25) is 0 Å². The lowest BCUT2D eigenvalue weighted by atomic mass is 10.2. The van der Waals surface area contributed by atoms with Crippen molar-refractivity contribution in [1.29, 1.82) is 5.26 Å². The third-order valence-electron chi connectivity index (χ3n) is 2.05. The molecule has 5 heteroatoms. The number of nitrogens with zero attached hydrogens (tertiary/aromatic N) is 2. The van der Waals surface area contributed by atoms with Crippen molar-refractivity contribution in [2.45, 2.75) is 19.3 Å². The highest BCUT2D eigenvalue weighted by atomic mass is 16.3. The summed E-state index contributed by atoms with van der Waals surface area (Å²) in [7, 11) is 0. The molecule has 1 rings (SSSR count). The molecule has 0 unspecified atom stereocenters. The van der Waals surface area contributed by atoms with Crippen molar-refractivity contribution in [2.24, 2.45) is 0 Å². The van der Waals surface area contributed by atoms with Gasteiger partial charge in [-0.05, 0) is 18.9 Å². The highest BCUT2D eigenvalue weighted by Gasteiger charge is 2.09. The Morgan fingerprint density at radius 2 is 2.38 bits per heavy atom. The van der Waals surface area contributed by atoms with Crippen molar-refractivity contribution in [3.05, 3.63) is 24.0 Å². The van der Waals surface area contributed by atoms with Gasteiger partial charge in [-0.25, -0.2) is 0 Å². The Morgan fingerprint density at radius 3 is 3.06 bits per heavy atom. The van der Waals surface area contributed by atoms with Crippen LogP contribution >= 0.6 is 0 Å². The summed E-state index contributed by atoms with van der Waals surface area (Å²) in [5.41, 5.74) is 0.218. The molecule has 84 valence electrons. The lowest BCUT2D eigenvalue weighted by Gasteiger charge is -2.05. The SMILES string of the molecule is N#CCCCCNC(=O)c1ccncc1O. The van der Waals surface area contributed by atoms with Gasteiger partial charge in [-0.1, -0.05) is 0 Å². The number of rotatable bonds is 5. The van der Waals surface area contributed by atoms with Gasteiger partial charge in [-0.2, -0.15) is 5.26 Å². The number of nitriles is 1. The summed E-state index contributed by atoms with van der Waals surface area (Å²) in [4.78, 5) is 15.2. The van der Waals surface area contributed by atoms with E-state index in [0.717, 1.165) is 12.8 Å². The molecule has 1 aromatic rings. The van der Waals surface area contributed by atoms with Gasteiger partial charge in [0.15, 0.2) is 0 Å². The average Bonchev–Trinajstić information content (AvgIpc) is 2.29. The molecule has 0 spiro atoms. The van der Waals surface area contributed by atoms with E-state index >= 15 is 0 Å². The first-order valence-corrected chi connectivity index (χ1v) is 5.04. The first-order chi connectivity index (χ1) is 7.75. The minimum absolute atomic E-state index is 0.128. The maximum Gasteiger partial charge on any atom is 0.255 e. The van der Waals surface area contributed by atoms with E-state index in [2.05, 4.69) is 10.3 Å². The smallest absolute Gasteiger partial charge is 0.255 e. The lowest BCUT2D eigenvalue weighted by Crippen LogP contribution is -2.24. The second kappa shape index (κ2) is 6.40. The summed E-state index contributed by atoms with van der Waals surface area (Å²) in [6.45, 7) is 0.502.